The fourth-order valence-corrected chi connectivity index (χ4v) is 3.44. The minimum Gasteiger partial charge on any atom is -0.477 e. The SMILES string of the molecule is CCOC1(NC(C)=O)C=C(C(=O)O)N2C(=O)C(=N)[C@H]2S1. The van der Waals surface area contributed by atoms with E-state index in [1.54, 1.807) is 6.92 Å². The van der Waals surface area contributed by atoms with Crippen LogP contribution in [0.15, 0.2) is 11.8 Å². The third-order valence-corrected chi connectivity index (χ3v) is 4.09. The molecule has 0 aliphatic carbocycles. The number of nitrogens with zero attached hydrogens (tertiary/aromatic N) is 1. The number of carbonyl (C=O) groups is 3. The van der Waals surface area contributed by atoms with E-state index in [9.17, 15) is 19.5 Å². The zero-order chi connectivity index (χ0) is 15.1. The Labute approximate surface area is 118 Å². The highest BCUT2D eigenvalue weighted by Gasteiger charge is 2.55. The molecule has 1 unspecified atom stereocenters. The lowest BCUT2D eigenvalue weighted by Crippen LogP contribution is -2.66. The van der Waals surface area contributed by atoms with E-state index in [1.165, 1.54) is 13.0 Å². The van der Waals surface area contributed by atoms with Crippen LogP contribution in [0.2, 0.25) is 0 Å². The summed E-state index contributed by atoms with van der Waals surface area (Å²) in [7, 11) is 0. The van der Waals surface area contributed by atoms with Crippen molar-refractivity contribution in [2.75, 3.05) is 6.61 Å². The summed E-state index contributed by atoms with van der Waals surface area (Å²) in [6.45, 7) is 3.20. The number of hydrogen-bond donors (Lipinski definition) is 3. The Kier molecular flexibility index (Phi) is 3.57. The summed E-state index contributed by atoms with van der Waals surface area (Å²) in [5.41, 5.74) is -0.506. The molecule has 2 atom stereocenters. The molecule has 2 aliphatic rings. The first-order chi connectivity index (χ1) is 9.31. The average Bonchev–Trinajstić information content (AvgIpc) is 2.36. The van der Waals surface area contributed by atoms with Crippen molar-refractivity contribution in [1.82, 2.24) is 10.2 Å². The number of carboxylic acid groups (broad SMARTS) is 1. The van der Waals surface area contributed by atoms with Crippen LogP contribution in [0.4, 0.5) is 0 Å². The van der Waals surface area contributed by atoms with Gasteiger partial charge in [-0.15, -0.1) is 0 Å². The van der Waals surface area contributed by atoms with Gasteiger partial charge in [0.05, 0.1) is 0 Å². The van der Waals surface area contributed by atoms with E-state index in [1.807, 2.05) is 0 Å². The minimum absolute atomic E-state index is 0.212. The smallest absolute Gasteiger partial charge is 0.352 e. The number of β-lactam (4-membered cyclic amide) rings is 1. The summed E-state index contributed by atoms with van der Waals surface area (Å²) < 4.78 is 5.45. The number of rotatable bonds is 4. The van der Waals surface area contributed by atoms with Crippen LogP contribution < -0.4 is 5.32 Å². The molecule has 1 fully saturated rings. The predicted octanol–water partition coefficient (Wildman–Crippen LogP) is -0.284. The zero-order valence-corrected chi connectivity index (χ0v) is 11.6. The molecule has 3 N–H and O–H groups in total. The van der Waals surface area contributed by atoms with E-state index >= 15 is 0 Å². The first kappa shape index (κ1) is 14.5. The van der Waals surface area contributed by atoms with E-state index in [0.717, 1.165) is 16.7 Å². The van der Waals surface area contributed by atoms with Gasteiger partial charge < -0.3 is 15.2 Å². The molecule has 20 heavy (non-hydrogen) atoms. The van der Waals surface area contributed by atoms with Gasteiger partial charge in [-0.2, -0.15) is 0 Å². The second-order valence-electron chi connectivity index (χ2n) is 4.18. The van der Waals surface area contributed by atoms with E-state index in [-0.39, 0.29) is 18.0 Å². The fourth-order valence-electron chi connectivity index (χ4n) is 2.00. The van der Waals surface area contributed by atoms with Gasteiger partial charge in [-0.3, -0.25) is 19.9 Å². The maximum atomic E-state index is 11.6. The third kappa shape index (κ3) is 2.18. The molecule has 2 heterocycles. The normalized spacial score (nSPS) is 28.4. The van der Waals surface area contributed by atoms with Crippen LogP contribution >= 0.6 is 11.8 Å². The molecule has 0 aromatic rings. The number of carboxylic acids is 1. The Morgan fingerprint density at radius 3 is 2.80 bits per heavy atom. The van der Waals surface area contributed by atoms with Crippen LogP contribution in [0.5, 0.6) is 0 Å². The molecule has 0 radical (unpaired) electrons. The summed E-state index contributed by atoms with van der Waals surface area (Å²) in [6.07, 6.45) is 1.19. The summed E-state index contributed by atoms with van der Waals surface area (Å²) in [4.78, 5) is 35.1. The monoisotopic (exact) mass is 299 g/mol. The molecule has 0 bridgehead atoms. The van der Waals surface area contributed by atoms with Crippen LogP contribution in [0.1, 0.15) is 13.8 Å². The maximum absolute atomic E-state index is 11.6. The van der Waals surface area contributed by atoms with Gasteiger partial charge in [-0.05, 0) is 6.92 Å². The van der Waals surface area contributed by atoms with E-state index < -0.39 is 28.2 Å². The Bertz CT molecular complexity index is 546. The number of nitrogens with one attached hydrogen (secondary N) is 2. The molecule has 0 aromatic carbocycles. The lowest BCUT2D eigenvalue weighted by atomic mass is 10.1. The van der Waals surface area contributed by atoms with Gasteiger partial charge in [0, 0.05) is 19.6 Å². The van der Waals surface area contributed by atoms with Crippen molar-refractivity contribution < 1.29 is 24.2 Å². The van der Waals surface area contributed by atoms with Gasteiger partial charge in [0.25, 0.3) is 5.91 Å². The van der Waals surface area contributed by atoms with E-state index in [2.05, 4.69) is 5.32 Å². The Morgan fingerprint density at radius 2 is 2.30 bits per heavy atom. The molecular weight excluding hydrogens is 286 g/mol. The van der Waals surface area contributed by atoms with Crippen molar-refractivity contribution in [2.24, 2.45) is 0 Å². The Balaban J connectivity index is 2.45. The number of hydrogen-bond acceptors (Lipinski definition) is 6. The molecular formula is C11H13N3O5S. The highest BCUT2D eigenvalue weighted by atomic mass is 32.2. The van der Waals surface area contributed by atoms with Crippen molar-refractivity contribution in [3.05, 3.63) is 11.8 Å². The first-order valence-electron chi connectivity index (χ1n) is 5.80. The number of carbonyl (C=O) groups excluding carboxylic acids is 2. The van der Waals surface area contributed by atoms with E-state index in [0.29, 0.717) is 0 Å². The largest absolute Gasteiger partial charge is 0.477 e. The molecule has 2 amide bonds. The topological polar surface area (TPSA) is 120 Å². The van der Waals surface area contributed by atoms with Gasteiger partial charge in [0.1, 0.15) is 16.8 Å². The average molecular weight is 299 g/mol. The summed E-state index contributed by atoms with van der Waals surface area (Å²) in [5, 5.41) is 17.1. The number of thioether (sulfide) groups is 1. The quantitative estimate of drug-likeness (QED) is 0.485. The van der Waals surface area contributed by atoms with Crippen molar-refractivity contribution in [3.8, 4) is 0 Å². The molecule has 2 aliphatic heterocycles. The highest BCUT2D eigenvalue weighted by Crippen LogP contribution is 2.44. The summed E-state index contributed by atoms with van der Waals surface area (Å²) >= 11 is 1.00. The van der Waals surface area contributed by atoms with Crippen LogP contribution in [-0.4, -0.2) is 50.5 Å². The first-order valence-corrected chi connectivity index (χ1v) is 6.68. The van der Waals surface area contributed by atoms with Gasteiger partial charge in [0.15, 0.2) is 0 Å². The maximum Gasteiger partial charge on any atom is 0.352 e. The van der Waals surface area contributed by atoms with E-state index in [4.69, 9.17) is 10.1 Å². The Hall–Kier alpha value is -1.87. The van der Waals surface area contributed by atoms with Crippen LogP contribution in [-0.2, 0) is 19.1 Å². The molecule has 0 aromatic heterocycles. The molecule has 0 saturated carbocycles. The second kappa shape index (κ2) is 4.91. The van der Waals surface area contributed by atoms with Gasteiger partial charge in [0.2, 0.25) is 11.0 Å². The number of aliphatic carboxylic acids is 1. The predicted molar refractivity (Wildman–Crippen MR) is 69.8 cm³/mol. The number of amides is 2. The van der Waals surface area contributed by atoms with Crippen LogP contribution in [0.25, 0.3) is 0 Å². The fraction of sp³-hybridized carbons (Fsp3) is 0.455. The Morgan fingerprint density at radius 1 is 1.65 bits per heavy atom. The molecule has 8 nitrogen and oxygen atoms in total. The van der Waals surface area contributed by atoms with Crippen molar-refractivity contribution in [1.29, 1.82) is 5.41 Å². The van der Waals surface area contributed by atoms with Crippen LogP contribution in [0.3, 0.4) is 0 Å². The van der Waals surface area contributed by atoms with Crippen molar-refractivity contribution in [3.63, 3.8) is 0 Å². The lowest BCUT2D eigenvalue weighted by Gasteiger charge is -2.48. The number of ether oxygens (including phenoxy) is 1. The molecule has 108 valence electrons. The minimum atomic E-state index is -1.39. The molecule has 2 rings (SSSR count). The summed E-state index contributed by atoms with van der Waals surface area (Å²) in [6, 6.07) is 0. The molecule has 0 spiro atoms. The lowest BCUT2D eigenvalue weighted by molar-refractivity contribution is -0.139. The van der Waals surface area contributed by atoms with Gasteiger partial charge in [-0.25, -0.2) is 4.79 Å². The zero-order valence-electron chi connectivity index (χ0n) is 10.8. The molecule has 9 heteroatoms. The van der Waals surface area contributed by atoms with Gasteiger partial charge in [-0.1, -0.05) is 11.8 Å². The highest BCUT2D eigenvalue weighted by molar-refractivity contribution is 8.02. The van der Waals surface area contributed by atoms with Crippen LogP contribution in [0, 0.1) is 5.41 Å². The summed E-state index contributed by atoms with van der Waals surface area (Å²) in [5.74, 6) is -2.37. The molecule has 1 saturated heterocycles. The third-order valence-electron chi connectivity index (χ3n) is 2.73. The van der Waals surface area contributed by atoms with Crippen molar-refractivity contribution >= 4 is 35.3 Å². The van der Waals surface area contributed by atoms with Crippen molar-refractivity contribution in [2.45, 2.75) is 24.3 Å². The number of fused-ring (bicyclic) bond motifs is 1. The standard InChI is InChI=1S/C11H13N3O5S/c1-3-19-11(13-5(2)15)4-6(10(17)18)14-8(16)7(12)9(14)20-11/h4,9,12H,3H2,1-2H3,(H,13,15)(H,17,18)/t9-,11?/m1/s1. The second-order valence-corrected chi connectivity index (χ2v) is 5.46. The van der Waals surface area contributed by atoms with Gasteiger partial charge >= 0.3 is 5.97 Å².